The zero-order chi connectivity index (χ0) is 12.7. The highest BCUT2D eigenvalue weighted by molar-refractivity contribution is 6.30. The maximum Gasteiger partial charge on any atom is 0.137 e. The molecule has 1 N–H and O–H groups in total. The van der Waals surface area contributed by atoms with E-state index in [0.29, 0.717) is 22.6 Å². The van der Waals surface area contributed by atoms with Crippen LogP contribution < -0.4 is 0 Å². The molecule has 0 saturated heterocycles. The minimum absolute atomic E-state index is 0.533. The lowest BCUT2D eigenvalue weighted by atomic mass is 10.1. The largest absolute Gasteiger partial charge is 0.463 e. The number of aliphatic hydroxyl groups is 1. The molecule has 2 nitrogen and oxygen atoms in total. The number of hydrogen-bond donors (Lipinski definition) is 1. The number of aliphatic hydroxyl groups excluding tert-OH is 1. The van der Waals surface area contributed by atoms with Gasteiger partial charge in [-0.1, -0.05) is 30.7 Å². The van der Waals surface area contributed by atoms with Crippen LogP contribution >= 0.6 is 11.6 Å². The first-order chi connectivity index (χ1) is 8.65. The predicted molar refractivity (Wildman–Crippen MR) is 70.7 cm³/mol. The van der Waals surface area contributed by atoms with E-state index in [9.17, 15) is 5.11 Å². The highest BCUT2D eigenvalue weighted by Gasteiger charge is 2.36. The highest BCUT2D eigenvalue weighted by atomic mass is 35.5. The summed E-state index contributed by atoms with van der Waals surface area (Å²) in [7, 11) is 0. The fraction of sp³-hybridized carbons (Fsp3) is 0.333. The molecule has 0 aliphatic heterocycles. The quantitative estimate of drug-likeness (QED) is 0.902. The summed E-state index contributed by atoms with van der Waals surface area (Å²) >= 11 is 5.92. The van der Waals surface area contributed by atoms with Crippen LogP contribution in [0.1, 0.15) is 42.5 Å². The summed E-state index contributed by atoms with van der Waals surface area (Å²) in [5, 5.41) is 10.9. The average Bonchev–Trinajstić information content (AvgIpc) is 2.91. The Morgan fingerprint density at radius 2 is 2.11 bits per heavy atom. The van der Waals surface area contributed by atoms with Gasteiger partial charge in [0, 0.05) is 10.9 Å². The van der Waals surface area contributed by atoms with Crippen molar-refractivity contribution < 1.29 is 9.52 Å². The third kappa shape index (κ3) is 2.18. The van der Waals surface area contributed by atoms with Crippen LogP contribution in [0.2, 0.25) is 5.02 Å². The van der Waals surface area contributed by atoms with Crippen LogP contribution in [0.3, 0.4) is 0 Å². The summed E-state index contributed by atoms with van der Waals surface area (Å²) in [5.74, 6) is 2.81. The van der Waals surface area contributed by atoms with Crippen molar-refractivity contribution in [1.82, 2.24) is 0 Å². The van der Waals surface area contributed by atoms with Gasteiger partial charge in [0.25, 0.3) is 0 Å². The second kappa shape index (κ2) is 4.45. The Hall–Kier alpha value is -1.25. The molecule has 2 aromatic rings. The molecule has 1 aromatic carbocycles. The van der Waals surface area contributed by atoms with Gasteiger partial charge in [-0.05, 0) is 42.2 Å². The van der Waals surface area contributed by atoms with Gasteiger partial charge in [-0.25, -0.2) is 0 Å². The summed E-state index contributed by atoms with van der Waals surface area (Å²) in [5.41, 5.74) is 0.757. The molecule has 3 unspecified atom stereocenters. The molecule has 1 heterocycles. The Bertz CT molecular complexity index is 561. The van der Waals surface area contributed by atoms with Crippen molar-refractivity contribution in [2.24, 2.45) is 5.92 Å². The molecule has 1 fully saturated rings. The van der Waals surface area contributed by atoms with Gasteiger partial charge in [0.1, 0.15) is 17.6 Å². The molecule has 0 bridgehead atoms. The van der Waals surface area contributed by atoms with E-state index in [0.717, 1.165) is 11.3 Å². The summed E-state index contributed by atoms with van der Waals surface area (Å²) in [6, 6.07) is 11.0. The van der Waals surface area contributed by atoms with E-state index in [-0.39, 0.29) is 0 Å². The van der Waals surface area contributed by atoms with Gasteiger partial charge in [-0.15, -0.1) is 0 Å². The number of benzene rings is 1. The Labute approximate surface area is 111 Å². The Morgan fingerprint density at radius 3 is 2.78 bits per heavy atom. The topological polar surface area (TPSA) is 33.4 Å². The van der Waals surface area contributed by atoms with E-state index in [4.69, 9.17) is 16.0 Å². The molecule has 0 amide bonds. The molecule has 1 aromatic heterocycles. The molecular formula is C15H15ClO2. The van der Waals surface area contributed by atoms with Crippen LogP contribution in [0.4, 0.5) is 0 Å². The van der Waals surface area contributed by atoms with E-state index in [2.05, 4.69) is 6.92 Å². The van der Waals surface area contributed by atoms with Crippen molar-refractivity contribution in [1.29, 1.82) is 0 Å². The molecule has 1 aliphatic rings. The summed E-state index contributed by atoms with van der Waals surface area (Å²) in [4.78, 5) is 0. The molecule has 0 radical (unpaired) electrons. The normalized spacial score (nSPS) is 23.9. The summed E-state index contributed by atoms with van der Waals surface area (Å²) < 4.78 is 5.74. The number of hydrogen-bond acceptors (Lipinski definition) is 2. The first kappa shape index (κ1) is 11.8. The van der Waals surface area contributed by atoms with Crippen LogP contribution in [-0.2, 0) is 0 Å². The van der Waals surface area contributed by atoms with Crippen LogP contribution in [-0.4, -0.2) is 5.11 Å². The molecule has 1 aliphatic carbocycles. The Morgan fingerprint density at radius 1 is 1.33 bits per heavy atom. The SMILES string of the molecule is CC1CC1c1ccc(C(O)c2cccc(Cl)c2)o1. The van der Waals surface area contributed by atoms with Gasteiger partial charge in [0.2, 0.25) is 0 Å². The first-order valence-electron chi connectivity index (χ1n) is 6.18. The molecular weight excluding hydrogens is 248 g/mol. The molecule has 3 rings (SSSR count). The van der Waals surface area contributed by atoms with E-state index in [1.54, 1.807) is 12.1 Å². The zero-order valence-electron chi connectivity index (χ0n) is 10.1. The highest BCUT2D eigenvalue weighted by Crippen LogP contribution is 2.47. The lowest BCUT2D eigenvalue weighted by Crippen LogP contribution is -1.97. The fourth-order valence-corrected chi connectivity index (χ4v) is 2.47. The van der Waals surface area contributed by atoms with Gasteiger partial charge < -0.3 is 9.52 Å². The summed E-state index contributed by atoms with van der Waals surface area (Å²) in [6.45, 7) is 2.21. The molecule has 0 spiro atoms. The van der Waals surface area contributed by atoms with Crippen molar-refractivity contribution in [3.8, 4) is 0 Å². The number of halogens is 1. The molecule has 3 atom stereocenters. The van der Waals surface area contributed by atoms with Crippen molar-refractivity contribution >= 4 is 11.6 Å². The lowest BCUT2D eigenvalue weighted by Gasteiger charge is -2.08. The van der Waals surface area contributed by atoms with Gasteiger partial charge in [-0.2, -0.15) is 0 Å². The van der Waals surface area contributed by atoms with Crippen LogP contribution in [0.5, 0.6) is 0 Å². The van der Waals surface area contributed by atoms with Crippen LogP contribution in [0.15, 0.2) is 40.8 Å². The first-order valence-corrected chi connectivity index (χ1v) is 6.56. The molecule has 18 heavy (non-hydrogen) atoms. The maximum absolute atomic E-state index is 10.2. The number of rotatable bonds is 3. The molecule has 94 valence electrons. The minimum atomic E-state index is -0.744. The van der Waals surface area contributed by atoms with Crippen LogP contribution in [0.25, 0.3) is 0 Å². The molecule has 1 saturated carbocycles. The second-order valence-electron chi connectivity index (χ2n) is 5.02. The van der Waals surface area contributed by atoms with Crippen LogP contribution in [0, 0.1) is 5.92 Å². The minimum Gasteiger partial charge on any atom is -0.463 e. The standard InChI is InChI=1S/C15H15ClO2/c1-9-7-12(9)13-5-6-14(18-13)15(17)10-3-2-4-11(16)8-10/h2-6,8-9,12,15,17H,7H2,1H3. The smallest absolute Gasteiger partial charge is 0.137 e. The predicted octanol–water partition coefficient (Wildman–Crippen LogP) is 4.14. The Kier molecular flexibility index (Phi) is 2.92. The van der Waals surface area contributed by atoms with E-state index in [1.807, 2.05) is 24.3 Å². The van der Waals surface area contributed by atoms with E-state index < -0.39 is 6.10 Å². The van der Waals surface area contributed by atoms with Crippen molar-refractivity contribution in [2.75, 3.05) is 0 Å². The van der Waals surface area contributed by atoms with E-state index in [1.165, 1.54) is 6.42 Å². The van der Waals surface area contributed by atoms with Crippen molar-refractivity contribution in [3.05, 3.63) is 58.5 Å². The van der Waals surface area contributed by atoms with E-state index >= 15 is 0 Å². The van der Waals surface area contributed by atoms with Crippen molar-refractivity contribution in [2.45, 2.75) is 25.4 Å². The monoisotopic (exact) mass is 262 g/mol. The number of furan rings is 1. The molecule has 3 heteroatoms. The average molecular weight is 263 g/mol. The third-order valence-corrected chi connectivity index (χ3v) is 3.79. The van der Waals surface area contributed by atoms with Gasteiger partial charge >= 0.3 is 0 Å². The fourth-order valence-electron chi connectivity index (χ4n) is 2.27. The third-order valence-electron chi connectivity index (χ3n) is 3.56. The Balaban J connectivity index is 1.83. The zero-order valence-corrected chi connectivity index (χ0v) is 10.9. The maximum atomic E-state index is 10.2. The summed E-state index contributed by atoms with van der Waals surface area (Å²) in [6.07, 6.45) is 0.437. The van der Waals surface area contributed by atoms with Gasteiger partial charge in [-0.3, -0.25) is 0 Å². The van der Waals surface area contributed by atoms with Crippen molar-refractivity contribution in [3.63, 3.8) is 0 Å². The van der Waals surface area contributed by atoms with Gasteiger partial charge in [0.15, 0.2) is 0 Å². The van der Waals surface area contributed by atoms with Gasteiger partial charge in [0.05, 0.1) is 0 Å². The lowest BCUT2D eigenvalue weighted by molar-refractivity contribution is 0.186. The second-order valence-corrected chi connectivity index (χ2v) is 5.45.